The second-order valence-corrected chi connectivity index (χ2v) is 7.18. The van der Waals surface area contributed by atoms with E-state index in [0.717, 1.165) is 41.6 Å². The zero-order valence-corrected chi connectivity index (χ0v) is 13.4. The van der Waals surface area contributed by atoms with E-state index in [1.54, 1.807) is 0 Å². The molecule has 1 fully saturated rings. The lowest BCUT2D eigenvalue weighted by Gasteiger charge is -2.31. The average molecular weight is 318 g/mol. The quantitative estimate of drug-likeness (QED) is 0.804. The summed E-state index contributed by atoms with van der Waals surface area (Å²) in [7, 11) is 0. The van der Waals surface area contributed by atoms with Gasteiger partial charge in [0.05, 0.1) is 9.90 Å². The van der Waals surface area contributed by atoms with Crippen molar-refractivity contribution in [3.63, 3.8) is 0 Å². The van der Waals surface area contributed by atoms with Crippen molar-refractivity contribution in [2.75, 3.05) is 18.8 Å². The van der Waals surface area contributed by atoms with E-state index in [1.165, 1.54) is 11.3 Å². The first-order valence-corrected chi connectivity index (χ1v) is 9.06. The van der Waals surface area contributed by atoms with E-state index in [-0.39, 0.29) is 5.91 Å². The van der Waals surface area contributed by atoms with E-state index >= 15 is 0 Å². The molecule has 3 heterocycles. The predicted octanol–water partition coefficient (Wildman–Crippen LogP) is 3.79. The van der Waals surface area contributed by atoms with Crippen LogP contribution in [0, 0.1) is 5.92 Å². The number of pyridine rings is 1. The Hall–Kier alpha value is -1.33. The maximum absolute atomic E-state index is 12.3. The van der Waals surface area contributed by atoms with Crippen molar-refractivity contribution >= 4 is 29.0 Å². The first kappa shape index (κ1) is 14.6. The fourth-order valence-electron chi connectivity index (χ4n) is 2.49. The molecule has 110 valence electrons. The molecular weight excluding hydrogens is 300 g/mol. The fraction of sp³-hybridized carbons (Fsp3) is 0.375. The van der Waals surface area contributed by atoms with Gasteiger partial charge in [-0.1, -0.05) is 12.1 Å². The third-order valence-electron chi connectivity index (χ3n) is 3.74. The number of aromatic nitrogens is 1. The maximum atomic E-state index is 12.3. The molecule has 3 nitrogen and oxygen atoms in total. The number of amides is 1. The lowest BCUT2D eigenvalue weighted by molar-refractivity contribution is 0.0703. The van der Waals surface area contributed by atoms with E-state index in [9.17, 15) is 4.79 Å². The zero-order valence-electron chi connectivity index (χ0n) is 11.8. The summed E-state index contributed by atoms with van der Waals surface area (Å²) in [5, 5.41) is 3.05. The zero-order chi connectivity index (χ0) is 14.5. The highest BCUT2D eigenvalue weighted by molar-refractivity contribution is 7.99. The molecule has 3 rings (SSSR count). The summed E-state index contributed by atoms with van der Waals surface area (Å²) >= 11 is 3.35. The minimum absolute atomic E-state index is 0.195. The van der Waals surface area contributed by atoms with Crippen LogP contribution in [0.25, 0.3) is 0 Å². The van der Waals surface area contributed by atoms with Crippen LogP contribution in [-0.2, 0) is 0 Å². The van der Waals surface area contributed by atoms with Crippen LogP contribution in [0.4, 0.5) is 0 Å². The summed E-state index contributed by atoms with van der Waals surface area (Å²) < 4.78 is 0. The van der Waals surface area contributed by atoms with Gasteiger partial charge in [0.25, 0.3) is 5.91 Å². The molecule has 0 saturated carbocycles. The molecule has 0 unspecified atom stereocenters. The topological polar surface area (TPSA) is 33.2 Å². The summed E-state index contributed by atoms with van der Waals surface area (Å²) in [6.07, 6.45) is 4.03. The van der Waals surface area contributed by atoms with Crippen LogP contribution >= 0.6 is 23.1 Å². The molecule has 0 atom stereocenters. The molecular formula is C16H18N2OS2. The number of hydrogen-bond acceptors (Lipinski definition) is 4. The number of carbonyl (C=O) groups is 1. The van der Waals surface area contributed by atoms with Gasteiger partial charge in [-0.2, -0.15) is 0 Å². The summed E-state index contributed by atoms with van der Waals surface area (Å²) in [5.74, 6) is 1.98. The fourth-order valence-corrected chi connectivity index (χ4v) is 4.24. The highest BCUT2D eigenvalue weighted by Crippen LogP contribution is 2.26. The van der Waals surface area contributed by atoms with Crippen LogP contribution in [-0.4, -0.2) is 34.6 Å². The lowest BCUT2D eigenvalue weighted by atomic mass is 9.99. The van der Waals surface area contributed by atoms with Gasteiger partial charge in [0.15, 0.2) is 0 Å². The lowest BCUT2D eigenvalue weighted by Crippen LogP contribution is -2.38. The molecule has 2 aromatic heterocycles. The number of thiophene rings is 1. The Kier molecular flexibility index (Phi) is 4.93. The molecule has 21 heavy (non-hydrogen) atoms. The van der Waals surface area contributed by atoms with Crippen LogP contribution in [0.1, 0.15) is 22.5 Å². The van der Waals surface area contributed by atoms with Gasteiger partial charge in [0.2, 0.25) is 0 Å². The Morgan fingerprint density at radius 1 is 1.29 bits per heavy atom. The van der Waals surface area contributed by atoms with Gasteiger partial charge < -0.3 is 4.90 Å². The van der Waals surface area contributed by atoms with Crippen molar-refractivity contribution < 1.29 is 4.79 Å². The average Bonchev–Trinajstić information content (AvgIpc) is 3.08. The van der Waals surface area contributed by atoms with Crippen LogP contribution in [0.15, 0.2) is 46.9 Å². The first-order valence-electron chi connectivity index (χ1n) is 7.19. The van der Waals surface area contributed by atoms with Gasteiger partial charge in [-0.15, -0.1) is 23.1 Å². The second-order valence-electron chi connectivity index (χ2n) is 5.19. The van der Waals surface area contributed by atoms with Gasteiger partial charge in [0.1, 0.15) is 0 Å². The Bertz CT molecular complexity index is 563. The molecule has 0 bridgehead atoms. The number of piperidine rings is 1. The molecule has 0 N–H and O–H groups in total. The Morgan fingerprint density at radius 2 is 2.14 bits per heavy atom. The number of rotatable bonds is 4. The molecule has 1 saturated heterocycles. The van der Waals surface area contributed by atoms with Gasteiger partial charge >= 0.3 is 0 Å². The summed E-state index contributed by atoms with van der Waals surface area (Å²) in [6, 6.07) is 9.88. The van der Waals surface area contributed by atoms with Crippen molar-refractivity contribution in [3.05, 3.63) is 46.8 Å². The van der Waals surface area contributed by atoms with Gasteiger partial charge in [-0.05, 0) is 42.3 Å². The number of hydrogen-bond donors (Lipinski definition) is 0. The van der Waals surface area contributed by atoms with Crippen LogP contribution in [0.2, 0.25) is 0 Å². The van der Waals surface area contributed by atoms with Crippen LogP contribution in [0.3, 0.4) is 0 Å². The number of likely N-dealkylation sites (tertiary alicyclic amines) is 1. The summed E-state index contributed by atoms with van der Waals surface area (Å²) in [6.45, 7) is 1.76. The molecule has 1 amide bonds. The van der Waals surface area contributed by atoms with E-state index in [1.807, 2.05) is 52.5 Å². The van der Waals surface area contributed by atoms with E-state index < -0.39 is 0 Å². The molecule has 1 aliphatic rings. The van der Waals surface area contributed by atoms with Crippen molar-refractivity contribution in [3.8, 4) is 0 Å². The van der Waals surface area contributed by atoms with Gasteiger partial charge in [-0.25, -0.2) is 4.98 Å². The normalized spacial score (nSPS) is 16.1. The molecule has 5 heteroatoms. The SMILES string of the molecule is O=C(c1cccs1)N1CCC(CSc2ccccn2)CC1. The Morgan fingerprint density at radius 3 is 2.81 bits per heavy atom. The molecule has 0 spiro atoms. The number of thioether (sulfide) groups is 1. The van der Waals surface area contributed by atoms with E-state index in [0.29, 0.717) is 5.92 Å². The molecule has 1 aliphatic heterocycles. The van der Waals surface area contributed by atoms with E-state index in [2.05, 4.69) is 11.1 Å². The minimum Gasteiger partial charge on any atom is -0.338 e. The standard InChI is InChI=1S/C16H18N2OS2/c19-16(14-4-3-11-20-14)18-9-6-13(7-10-18)12-21-15-5-1-2-8-17-15/h1-5,8,11,13H,6-7,9-10,12H2. The molecule has 0 aliphatic carbocycles. The van der Waals surface area contributed by atoms with Gasteiger partial charge in [-0.3, -0.25) is 4.79 Å². The maximum Gasteiger partial charge on any atom is 0.263 e. The minimum atomic E-state index is 0.195. The number of nitrogens with zero attached hydrogens (tertiary/aromatic N) is 2. The van der Waals surface area contributed by atoms with E-state index in [4.69, 9.17) is 0 Å². The van der Waals surface area contributed by atoms with Crippen molar-refractivity contribution in [2.45, 2.75) is 17.9 Å². The Labute approximate surface area is 133 Å². The van der Waals surface area contributed by atoms with Crippen molar-refractivity contribution in [1.29, 1.82) is 0 Å². The predicted molar refractivity (Wildman–Crippen MR) is 87.9 cm³/mol. The number of carbonyl (C=O) groups excluding carboxylic acids is 1. The highest BCUT2D eigenvalue weighted by Gasteiger charge is 2.24. The second kappa shape index (κ2) is 7.09. The van der Waals surface area contributed by atoms with Gasteiger partial charge in [0, 0.05) is 25.0 Å². The molecule has 0 radical (unpaired) electrons. The first-order chi connectivity index (χ1) is 10.3. The molecule has 0 aromatic carbocycles. The third kappa shape index (κ3) is 3.86. The largest absolute Gasteiger partial charge is 0.338 e. The molecule has 2 aromatic rings. The highest BCUT2D eigenvalue weighted by atomic mass is 32.2. The smallest absolute Gasteiger partial charge is 0.263 e. The van der Waals surface area contributed by atoms with Crippen LogP contribution in [0.5, 0.6) is 0 Å². The summed E-state index contributed by atoms with van der Waals surface area (Å²) in [5.41, 5.74) is 0. The third-order valence-corrected chi connectivity index (χ3v) is 5.77. The van der Waals surface area contributed by atoms with Crippen molar-refractivity contribution in [2.24, 2.45) is 5.92 Å². The van der Waals surface area contributed by atoms with Crippen LogP contribution < -0.4 is 0 Å². The van der Waals surface area contributed by atoms with Crippen molar-refractivity contribution in [1.82, 2.24) is 9.88 Å². The Balaban J connectivity index is 1.46. The summed E-state index contributed by atoms with van der Waals surface area (Å²) in [4.78, 5) is 19.5. The monoisotopic (exact) mass is 318 g/mol.